The van der Waals surface area contributed by atoms with Crippen molar-refractivity contribution in [1.82, 2.24) is 4.90 Å². The third kappa shape index (κ3) is 3.20. The van der Waals surface area contributed by atoms with Gasteiger partial charge in [0.15, 0.2) is 0 Å². The van der Waals surface area contributed by atoms with E-state index in [0.717, 1.165) is 32.5 Å². The molecule has 0 amide bonds. The van der Waals surface area contributed by atoms with Gasteiger partial charge in [0.2, 0.25) is 0 Å². The highest BCUT2D eigenvalue weighted by molar-refractivity contribution is 5.85. The monoisotopic (exact) mass is 345 g/mol. The maximum atomic E-state index is 11.1. The fraction of sp³-hybridized carbons (Fsp3) is 0.524. The molecule has 2 nitrogen and oxygen atoms in total. The largest absolute Gasteiger partial charge is 0.391 e. The predicted octanol–water partition coefficient (Wildman–Crippen LogP) is 4.53. The second-order valence-corrected chi connectivity index (χ2v) is 7.45. The van der Waals surface area contributed by atoms with Crippen molar-refractivity contribution >= 4 is 23.2 Å². The molecule has 2 fully saturated rings. The summed E-state index contributed by atoms with van der Waals surface area (Å²) in [7, 11) is 0. The molecule has 0 radical (unpaired) electrons. The molecule has 24 heavy (non-hydrogen) atoms. The second kappa shape index (κ2) is 7.43. The van der Waals surface area contributed by atoms with Crippen LogP contribution < -0.4 is 0 Å². The number of piperidine rings is 1. The molecule has 1 unspecified atom stereocenters. The van der Waals surface area contributed by atoms with E-state index in [9.17, 15) is 5.11 Å². The molecule has 0 aromatic heterocycles. The summed E-state index contributed by atoms with van der Waals surface area (Å²) >= 11 is 0. The number of rotatable bonds is 4. The van der Waals surface area contributed by atoms with Gasteiger partial charge in [0.1, 0.15) is 0 Å². The Balaban J connectivity index is 0.00000169. The standard InChI is InChI=1S/C21H27NO.ClH/c23-20(16-22-13-4-1-5-14-22)21(11-6-12-21)19-10-9-17-7-2-3-8-18(17)15-19;/h2-3,7-10,15,20,23H,1,4-6,11-14,16H2;1H. The van der Waals surface area contributed by atoms with E-state index in [4.69, 9.17) is 0 Å². The smallest absolute Gasteiger partial charge is 0.0763 e. The van der Waals surface area contributed by atoms with E-state index in [1.54, 1.807) is 0 Å². The maximum Gasteiger partial charge on any atom is 0.0763 e. The number of hydrogen-bond acceptors (Lipinski definition) is 2. The summed E-state index contributed by atoms with van der Waals surface area (Å²) in [6.07, 6.45) is 7.17. The molecule has 2 aromatic rings. The number of benzene rings is 2. The van der Waals surface area contributed by atoms with Gasteiger partial charge in [0.05, 0.1) is 6.10 Å². The number of nitrogens with zero attached hydrogens (tertiary/aromatic N) is 1. The molecule has 3 heteroatoms. The van der Waals surface area contributed by atoms with Crippen molar-refractivity contribution in [3.8, 4) is 0 Å². The Bertz CT molecular complexity index is 676. The Morgan fingerprint density at radius 2 is 1.62 bits per heavy atom. The third-order valence-corrected chi connectivity index (χ3v) is 6.09. The average molecular weight is 346 g/mol. The lowest BCUT2D eigenvalue weighted by atomic mass is 9.60. The summed E-state index contributed by atoms with van der Waals surface area (Å²) in [6, 6.07) is 15.3. The summed E-state index contributed by atoms with van der Waals surface area (Å²) in [6.45, 7) is 3.16. The second-order valence-electron chi connectivity index (χ2n) is 7.45. The van der Waals surface area contributed by atoms with Gasteiger partial charge in [-0.15, -0.1) is 12.4 Å². The van der Waals surface area contributed by atoms with Gasteiger partial charge in [-0.05, 0) is 55.1 Å². The topological polar surface area (TPSA) is 23.5 Å². The first-order chi connectivity index (χ1) is 11.3. The number of fused-ring (bicyclic) bond motifs is 1. The first-order valence-corrected chi connectivity index (χ1v) is 9.18. The molecular weight excluding hydrogens is 318 g/mol. The molecule has 0 bridgehead atoms. The van der Waals surface area contributed by atoms with Crippen molar-refractivity contribution < 1.29 is 5.11 Å². The molecule has 0 spiro atoms. The molecule has 1 saturated heterocycles. The Morgan fingerprint density at radius 3 is 2.29 bits per heavy atom. The Hall–Kier alpha value is -1.09. The summed E-state index contributed by atoms with van der Waals surface area (Å²) in [5, 5.41) is 13.6. The van der Waals surface area contributed by atoms with E-state index in [0.29, 0.717) is 0 Å². The lowest BCUT2D eigenvalue weighted by molar-refractivity contribution is -0.00119. The highest BCUT2D eigenvalue weighted by Crippen LogP contribution is 2.47. The third-order valence-electron chi connectivity index (χ3n) is 6.09. The van der Waals surface area contributed by atoms with Gasteiger partial charge >= 0.3 is 0 Å². The number of halogens is 1. The molecule has 2 aromatic carbocycles. The van der Waals surface area contributed by atoms with Crippen molar-refractivity contribution in [3.63, 3.8) is 0 Å². The van der Waals surface area contributed by atoms with Crippen LogP contribution in [0, 0.1) is 0 Å². The number of aliphatic hydroxyl groups excluding tert-OH is 1. The molecule has 2 aliphatic rings. The zero-order chi connectivity index (χ0) is 15.7. The number of hydrogen-bond donors (Lipinski definition) is 1. The SMILES string of the molecule is Cl.OC(CN1CCCCC1)C1(c2ccc3ccccc3c2)CCC1. The van der Waals surface area contributed by atoms with Crippen LogP contribution in [0.3, 0.4) is 0 Å². The van der Waals surface area contributed by atoms with E-state index in [1.807, 2.05) is 0 Å². The first kappa shape index (κ1) is 17.7. The lowest BCUT2D eigenvalue weighted by Crippen LogP contribution is -2.51. The van der Waals surface area contributed by atoms with Crippen LogP contribution in [0.5, 0.6) is 0 Å². The molecule has 4 rings (SSSR count). The van der Waals surface area contributed by atoms with Crippen molar-refractivity contribution in [2.45, 2.75) is 50.0 Å². The number of aliphatic hydroxyl groups is 1. The van der Waals surface area contributed by atoms with Crippen molar-refractivity contribution in [2.75, 3.05) is 19.6 Å². The van der Waals surface area contributed by atoms with Crippen LogP contribution in [0.1, 0.15) is 44.1 Å². The van der Waals surface area contributed by atoms with Crippen LogP contribution in [0.2, 0.25) is 0 Å². The van der Waals surface area contributed by atoms with Crippen LogP contribution >= 0.6 is 12.4 Å². The van der Waals surface area contributed by atoms with Crippen LogP contribution in [-0.2, 0) is 5.41 Å². The minimum atomic E-state index is -0.240. The van der Waals surface area contributed by atoms with Crippen LogP contribution in [0.4, 0.5) is 0 Å². The Labute approximate surface area is 151 Å². The summed E-state index contributed by atoms with van der Waals surface area (Å²) in [4.78, 5) is 2.47. The van der Waals surface area contributed by atoms with Crippen LogP contribution in [0.15, 0.2) is 42.5 Å². The summed E-state index contributed by atoms with van der Waals surface area (Å²) < 4.78 is 0. The zero-order valence-corrected chi connectivity index (χ0v) is 15.1. The molecule has 1 N–H and O–H groups in total. The van der Waals surface area contributed by atoms with Gasteiger partial charge in [-0.3, -0.25) is 0 Å². The van der Waals surface area contributed by atoms with Gasteiger partial charge in [0.25, 0.3) is 0 Å². The van der Waals surface area contributed by atoms with Crippen molar-refractivity contribution in [3.05, 3.63) is 48.0 Å². The summed E-state index contributed by atoms with van der Waals surface area (Å²) in [5.74, 6) is 0. The fourth-order valence-electron chi connectivity index (χ4n) is 4.43. The zero-order valence-electron chi connectivity index (χ0n) is 14.3. The van der Waals surface area contributed by atoms with E-state index < -0.39 is 0 Å². The van der Waals surface area contributed by atoms with Gasteiger partial charge in [-0.2, -0.15) is 0 Å². The molecule has 1 aliphatic carbocycles. The Kier molecular flexibility index (Phi) is 5.49. The quantitative estimate of drug-likeness (QED) is 0.880. The fourth-order valence-corrected chi connectivity index (χ4v) is 4.43. The molecule has 130 valence electrons. The molecular formula is C21H28ClNO. The van der Waals surface area contributed by atoms with Crippen LogP contribution in [-0.4, -0.2) is 35.7 Å². The molecule has 1 heterocycles. The van der Waals surface area contributed by atoms with E-state index in [-0.39, 0.29) is 23.9 Å². The summed E-state index contributed by atoms with van der Waals surface area (Å²) in [5.41, 5.74) is 1.33. The lowest BCUT2D eigenvalue weighted by Gasteiger charge is -2.47. The normalized spacial score (nSPS) is 21.7. The van der Waals surface area contributed by atoms with E-state index in [1.165, 1.54) is 42.0 Å². The van der Waals surface area contributed by atoms with Gasteiger partial charge in [-0.1, -0.05) is 55.3 Å². The maximum absolute atomic E-state index is 11.1. The molecule has 1 saturated carbocycles. The van der Waals surface area contributed by atoms with Crippen molar-refractivity contribution in [1.29, 1.82) is 0 Å². The minimum Gasteiger partial charge on any atom is -0.391 e. The molecule has 1 aliphatic heterocycles. The Morgan fingerprint density at radius 1 is 0.917 bits per heavy atom. The van der Waals surface area contributed by atoms with Crippen LogP contribution in [0.25, 0.3) is 10.8 Å². The highest BCUT2D eigenvalue weighted by Gasteiger charge is 2.45. The predicted molar refractivity (Wildman–Crippen MR) is 103 cm³/mol. The molecule has 1 atom stereocenters. The van der Waals surface area contributed by atoms with Gasteiger partial charge < -0.3 is 10.0 Å². The first-order valence-electron chi connectivity index (χ1n) is 9.18. The highest BCUT2D eigenvalue weighted by atomic mass is 35.5. The van der Waals surface area contributed by atoms with Gasteiger partial charge in [-0.25, -0.2) is 0 Å². The van der Waals surface area contributed by atoms with Crippen molar-refractivity contribution in [2.24, 2.45) is 0 Å². The van der Waals surface area contributed by atoms with E-state index >= 15 is 0 Å². The van der Waals surface area contributed by atoms with E-state index in [2.05, 4.69) is 47.4 Å². The minimum absolute atomic E-state index is 0. The number of likely N-dealkylation sites (tertiary alicyclic amines) is 1. The average Bonchev–Trinajstić information content (AvgIpc) is 2.55. The number of β-amino-alcohol motifs (C(OH)–C–C–N with tert-alkyl or cyclic N) is 1. The van der Waals surface area contributed by atoms with Gasteiger partial charge in [0, 0.05) is 12.0 Å².